The van der Waals surface area contributed by atoms with E-state index in [2.05, 4.69) is 25.7 Å². The summed E-state index contributed by atoms with van der Waals surface area (Å²) in [5.41, 5.74) is -0.464. The van der Waals surface area contributed by atoms with Crippen LogP contribution in [-0.2, 0) is 4.74 Å². The maximum atomic E-state index is 11.3. The van der Waals surface area contributed by atoms with Gasteiger partial charge in [-0.3, -0.25) is 0 Å². The van der Waals surface area contributed by atoms with E-state index >= 15 is 0 Å². The topological polar surface area (TPSA) is 38.7 Å². The van der Waals surface area contributed by atoms with E-state index < -0.39 is 11.7 Å². The zero-order chi connectivity index (χ0) is 12.1. The third-order valence-corrected chi connectivity index (χ3v) is 2.35. The van der Waals surface area contributed by atoms with Crippen molar-refractivity contribution in [3.63, 3.8) is 0 Å². The predicted molar refractivity (Wildman–Crippen MR) is 66.1 cm³/mol. The van der Waals surface area contributed by atoms with Crippen molar-refractivity contribution in [3.8, 4) is 0 Å². The minimum Gasteiger partial charge on any atom is -0.442 e. The summed E-state index contributed by atoms with van der Waals surface area (Å²) in [6, 6.07) is 0. The molecule has 0 aliphatic carbocycles. The quantitative estimate of drug-likeness (QED) is 0.529. The summed E-state index contributed by atoms with van der Waals surface area (Å²) >= 11 is 0. The Morgan fingerprint density at radius 2 is 2.07 bits per heavy atom. The Bertz CT molecular complexity index is 233. The first-order chi connectivity index (χ1) is 6.76. The Morgan fingerprint density at radius 3 is 2.47 bits per heavy atom. The standard InChI is InChI=1S/C11H22BNO2/c1-7-9(2)12(6)8-13-10(14)15-11(3,4)5/h8-9H,7H2,1-6H3/b13-8+. The van der Waals surface area contributed by atoms with E-state index in [1.165, 1.54) is 0 Å². The molecule has 4 heteroatoms. The van der Waals surface area contributed by atoms with Crippen molar-refractivity contribution in [1.82, 2.24) is 0 Å². The normalized spacial score (nSPS) is 14.0. The number of hydrogen-bond acceptors (Lipinski definition) is 2. The molecular formula is C11H22BNO2. The van der Waals surface area contributed by atoms with E-state index in [1.807, 2.05) is 20.8 Å². The molecule has 0 aliphatic heterocycles. The zero-order valence-electron chi connectivity index (χ0n) is 10.7. The Morgan fingerprint density at radius 1 is 1.53 bits per heavy atom. The molecule has 0 radical (unpaired) electrons. The highest BCUT2D eigenvalue weighted by Crippen LogP contribution is 2.12. The fraction of sp³-hybridized carbons (Fsp3) is 0.818. The van der Waals surface area contributed by atoms with Crippen LogP contribution in [-0.4, -0.2) is 24.5 Å². The van der Waals surface area contributed by atoms with E-state index in [9.17, 15) is 4.79 Å². The van der Waals surface area contributed by atoms with Crippen LogP contribution in [0.3, 0.4) is 0 Å². The first-order valence-electron chi connectivity index (χ1n) is 5.53. The fourth-order valence-electron chi connectivity index (χ4n) is 0.985. The number of rotatable bonds is 3. The van der Waals surface area contributed by atoms with Crippen molar-refractivity contribution in [2.24, 2.45) is 4.99 Å². The van der Waals surface area contributed by atoms with Crippen molar-refractivity contribution < 1.29 is 9.53 Å². The third kappa shape index (κ3) is 7.17. The first-order valence-corrected chi connectivity index (χ1v) is 5.53. The third-order valence-electron chi connectivity index (χ3n) is 2.35. The van der Waals surface area contributed by atoms with Gasteiger partial charge in [-0.2, -0.15) is 4.99 Å². The van der Waals surface area contributed by atoms with Crippen LogP contribution in [0.1, 0.15) is 41.0 Å². The van der Waals surface area contributed by atoms with E-state index in [1.54, 1.807) is 6.11 Å². The Balaban J connectivity index is 4.12. The lowest BCUT2D eigenvalue weighted by Gasteiger charge is -2.17. The number of amides is 1. The lowest BCUT2D eigenvalue weighted by molar-refractivity contribution is 0.0605. The number of aliphatic imine (C=N–C) groups is 1. The zero-order valence-corrected chi connectivity index (χ0v) is 10.7. The van der Waals surface area contributed by atoms with Gasteiger partial charge in [-0.1, -0.05) is 32.9 Å². The Hall–Kier alpha value is -0.795. The molecule has 0 heterocycles. The molecule has 0 fully saturated rings. The SMILES string of the molecule is CCC(C)B(C)/C=N/C(=O)OC(C)(C)C. The summed E-state index contributed by atoms with van der Waals surface area (Å²) < 4.78 is 5.06. The van der Waals surface area contributed by atoms with Crippen LogP contribution in [0, 0.1) is 0 Å². The lowest BCUT2D eigenvalue weighted by Crippen LogP contribution is -2.23. The molecule has 0 aromatic heterocycles. The molecule has 0 aromatic rings. The molecule has 1 amide bonds. The molecular weight excluding hydrogens is 189 g/mol. The highest BCUT2D eigenvalue weighted by Gasteiger charge is 2.16. The summed E-state index contributed by atoms with van der Waals surface area (Å²) in [7, 11) is 0. The van der Waals surface area contributed by atoms with Crippen molar-refractivity contribution in [3.05, 3.63) is 0 Å². The van der Waals surface area contributed by atoms with Gasteiger partial charge >= 0.3 is 6.09 Å². The minimum absolute atomic E-state index is 0.308. The maximum absolute atomic E-state index is 11.3. The van der Waals surface area contributed by atoms with Crippen LogP contribution in [0.4, 0.5) is 4.79 Å². The van der Waals surface area contributed by atoms with Crippen LogP contribution >= 0.6 is 0 Å². The molecule has 0 bridgehead atoms. The summed E-state index contributed by atoms with van der Waals surface area (Å²) in [6.45, 7) is 12.1. The van der Waals surface area contributed by atoms with Gasteiger partial charge in [-0.25, -0.2) is 4.79 Å². The summed E-state index contributed by atoms with van der Waals surface area (Å²) in [5, 5.41) is 0. The summed E-state index contributed by atoms with van der Waals surface area (Å²) in [5.74, 6) is 0.538. The van der Waals surface area contributed by atoms with Gasteiger partial charge in [0.2, 0.25) is 0 Å². The van der Waals surface area contributed by atoms with Crippen molar-refractivity contribution in [2.75, 3.05) is 0 Å². The average molecular weight is 211 g/mol. The number of carbonyl (C=O) groups excluding carboxylic acids is 1. The molecule has 0 aliphatic rings. The van der Waals surface area contributed by atoms with Crippen LogP contribution in [0.5, 0.6) is 0 Å². The molecule has 1 unspecified atom stereocenters. The van der Waals surface area contributed by atoms with Gasteiger partial charge in [0.1, 0.15) is 5.60 Å². The molecule has 3 nitrogen and oxygen atoms in total. The first kappa shape index (κ1) is 14.2. The van der Waals surface area contributed by atoms with E-state index in [4.69, 9.17) is 4.74 Å². The van der Waals surface area contributed by atoms with Gasteiger partial charge in [0.25, 0.3) is 0 Å². The van der Waals surface area contributed by atoms with Gasteiger partial charge in [-0.05, 0) is 26.9 Å². The van der Waals surface area contributed by atoms with Crippen LogP contribution in [0.15, 0.2) is 4.99 Å². The molecule has 0 rings (SSSR count). The second-order valence-electron chi connectivity index (χ2n) is 5.00. The number of nitrogens with zero attached hydrogens (tertiary/aromatic N) is 1. The highest BCUT2D eigenvalue weighted by molar-refractivity contribution is 6.85. The molecule has 0 saturated heterocycles. The number of hydrogen-bond donors (Lipinski definition) is 0. The fourth-order valence-corrected chi connectivity index (χ4v) is 0.985. The highest BCUT2D eigenvalue weighted by atomic mass is 16.6. The van der Waals surface area contributed by atoms with Crippen molar-refractivity contribution >= 4 is 18.9 Å². The summed E-state index contributed by atoms with van der Waals surface area (Å²) in [6.07, 6.45) is 2.27. The summed E-state index contributed by atoms with van der Waals surface area (Å²) in [4.78, 5) is 15.0. The van der Waals surface area contributed by atoms with E-state index in [0.29, 0.717) is 12.5 Å². The molecule has 1 atom stereocenters. The number of ether oxygens (including phenoxy) is 1. The largest absolute Gasteiger partial charge is 0.442 e. The van der Waals surface area contributed by atoms with Gasteiger partial charge in [0, 0.05) is 0 Å². The Labute approximate surface area is 93.4 Å². The van der Waals surface area contributed by atoms with Gasteiger partial charge in [0.05, 0.1) is 0 Å². The van der Waals surface area contributed by atoms with E-state index in [0.717, 1.165) is 6.42 Å². The second kappa shape index (κ2) is 5.94. The lowest BCUT2D eigenvalue weighted by atomic mass is 9.44. The maximum Gasteiger partial charge on any atom is 0.432 e. The van der Waals surface area contributed by atoms with Crippen LogP contribution in [0.25, 0.3) is 0 Å². The monoisotopic (exact) mass is 211 g/mol. The molecule has 0 saturated carbocycles. The molecule has 0 N–H and O–H groups in total. The second-order valence-corrected chi connectivity index (χ2v) is 5.00. The van der Waals surface area contributed by atoms with E-state index in [-0.39, 0.29) is 0 Å². The smallest absolute Gasteiger partial charge is 0.432 e. The molecule has 86 valence electrons. The minimum atomic E-state index is -0.502. The predicted octanol–water partition coefficient (Wildman–Crippen LogP) is 3.46. The van der Waals surface area contributed by atoms with Crippen LogP contribution < -0.4 is 0 Å². The van der Waals surface area contributed by atoms with Crippen molar-refractivity contribution in [1.29, 1.82) is 0 Å². The molecule has 0 aromatic carbocycles. The van der Waals surface area contributed by atoms with Crippen molar-refractivity contribution in [2.45, 2.75) is 59.3 Å². The van der Waals surface area contributed by atoms with Gasteiger partial charge in [-0.15, -0.1) is 0 Å². The number of carbonyl (C=O) groups is 1. The molecule has 15 heavy (non-hydrogen) atoms. The van der Waals surface area contributed by atoms with Crippen LogP contribution in [0.2, 0.25) is 12.6 Å². The van der Waals surface area contributed by atoms with Gasteiger partial charge in [0.15, 0.2) is 6.71 Å². The Kier molecular flexibility index (Phi) is 5.62. The molecule has 0 spiro atoms. The van der Waals surface area contributed by atoms with Gasteiger partial charge < -0.3 is 4.74 Å². The average Bonchev–Trinajstić information content (AvgIpc) is 2.10.